The van der Waals surface area contributed by atoms with Crippen molar-refractivity contribution in [3.8, 4) is 11.5 Å². The fourth-order valence-corrected chi connectivity index (χ4v) is 3.55. The van der Waals surface area contributed by atoms with E-state index in [9.17, 15) is 13.2 Å². The number of sulfone groups is 1. The lowest BCUT2D eigenvalue weighted by molar-refractivity contribution is 0.0940. The molecule has 7 heteroatoms. The Morgan fingerprint density at radius 1 is 1.00 bits per heavy atom. The Labute approximate surface area is 166 Å². The van der Waals surface area contributed by atoms with E-state index in [2.05, 4.69) is 5.32 Å². The summed E-state index contributed by atoms with van der Waals surface area (Å²) in [4.78, 5) is 12.5. The summed E-state index contributed by atoms with van der Waals surface area (Å²) < 4.78 is 33.9. The quantitative estimate of drug-likeness (QED) is 0.690. The second-order valence-electron chi connectivity index (χ2n) is 6.53. The van der Waals surface area contributed by atoms with Crippen LogP contribution in [0.5, 0.6) is 11.5 Å². The molecule has 1 N–H and O–H groups in total. The number of ether oxygens (including phenoxy) is 2. The molecule has 0 aliphatic carbocycles. The lowest BCUT2D eigenvalue weighted by Crippen LogP contribution is -2.26. The van der Waals surface area contributed by atoms with Crippen LogP contribution in [0.2, 0.25) is 0 Å². The monoisotopic (exact) mass is 405 g/mol. The molecule has 2 aromatic carbocycles. The van der Waals surface area contributed by atoms with Gasteiger partial charge in [0, 0.05) is 11.8 Å². The molecule has 0 saturated heterocycles. The minimum Gasteiger partial charge on any atom is -0.490 e. The number of hydrogen-bond donors (Lipinski definition) is 1. The highest BCUT2D eigenvalue weighted by Crippen LogP contribution is 2.30. The first-order chi connectivity index (χ1) is 13.2. The highest BCUT2D eigenvalue weighted by Gasteiger charge is 2.15. The van der Waals surface area contributed by atoms with E-state index < -0.39 is 9.84 Å². The van der Waals surface area contributed by atoms with Crippen LogP contribution in [0.4, 0.5) is 0 Å². The van der Waals surface area contributed by atoms with Gasteiger partial charge in [0.15, 0.2) is 21.3 Å². The largest absolute Gasteiger partial charge is 0.490 e. The van der Waals surface area contributed by atoms with E-state index in [1.807, 2.05) is 39.0 Å². The molecule has 2 aromatic rings. The summed E-state index contributed by atoms with van der Waals surface area (Å²) in [5, 5.41) is 2.95. The number of nitrogens with one attached hydrogen (secondary N) is 1. The van der Waals surface area contributed by atoms with Crippen molar-refractivity contribution in [2.24, 2.45) is 0 Å². The molecule has 0 aliphatic rings. The maximum atomic E-state index is 12.5. The lowest BCUT2D eigenvalue weighted by Gasteiger charge is -2.17. The number of carbonyl (C=O) groups excluding carboxylic acids is 1. The summed E-state index contributed by atoms with van der Waals surface area (Å²) in [6.07, 6.45) is 1.18. The summed E-state index contributed by atoms with van der Waals surface area (Å²) in [5.74, 6) is 1.05. The smallest absolute Gasteiger partial charge is 0.251 e. The van der Waals surface area contributed by atoms with Gasteiger partial charge in [0.05, 0.1) is 25.0 Å². The molecule has 2 rings (SSSR count). The van der Waals surface area contributed by atoms with Crippen molar-refractivity contribution in [1.29, 1.82) is 0 Å². The molecule has 0 radical (unpaired) electrons. The minimum atomic E-state index is -3.10. The second-order valence-corrected chi connectivity index (χ2v) is 8.67. The van der Waals surface area contributed by atoms with Crippen LogP contribution in [0, 0.1) is 0 Å². The highest BCUT2D eigenvalue weighted by atomic mass is 32.2. The standard InChI is InChI=1S/C21H27NO5S/c1-5-26-19-12-11-18(13-20(19)27-6-2)15(3)22-21(23)17-9-7-16(8-10-17)14-28(4,24)25/h7-13,15H,5-6,14H2,1-4H3,(H,22,23)/t15-/m1/s1. The molecule has 0 saturated carbocycles. The molecule has 0 spiro atoms. The maximum Gasteiger partial charge on any atom is 0.251 e. The summed E-state index contributed by atoms with van der Waals surface area (Å²) in [6, 6.07) is 11.9. The molecular formula is C21H27NO5S. The molecule has 0 fully saturated rings. The summed E-state index contributed by atoms with van der Waals surface area (Å²) >= 11 is 0. The zero-order valence-corrected chi connectivity index (χ0v) is 17.5. The fourth-order valence-electron chi connectivity index (χ4n) is 2.76. The zero-order chi connectivity index (χ0) is 20.7. The molecule has 6 nitrogen and oxygen atoms in total. The lowest BCUT2D eigenvalue weighted by atomic mass is 10.1. The van der Waals surface area contributed by atoms with Gasteiger partial charge in [0.25, 0.3) is 5.91 Å². The van der Waals surface area contributed by atoms with Crippen LogP contribution in [-0.2, 0) is 15.6 Å². The van der Waals surface area contributed by atoms with Crippen LogP contribution in [0.3, 0.4) is 0 Å². The number of amides is 1. The van der Waals surface area contributed by atoms with Gasteiger partial charge in [-0.25, -0.2) is 8.42 Å². The summed E-state index contributed by atoms with van der Waals surface area (Å²) in [5.41, 5.74) is 2.02. The minimum absolute atomic E-state index is 0.0440. The first kappa shape index (κ1) is 21.8. The molecule has 0 aromatic heterocycles. The molecule has 1 amide bonds. The second kappa shape index (κ2) is 9.59. The van der Waals surface area contributed by atoms with Gasteiger partial charge in [0.1, 0.15) is 0 Å². The number of carbonyl (C=O) groups is 1. The van der Waals surface area contributed by atoms with Crippen molar-refractivity contribution in [1.82, 2.24) is 5.32 Å². The molecule has 0 heterocycles. The third-order valence-electron chi connectivity index (χ3n) is 4.06. The molecular weight excluding hydrogens is 378 g/mol. The third kappa shape index (κ3) is 6.27. The van der Waals surface area contributed by atoms with Crippen molar-refractivity contribution < 1.29 is 22.7 Å². The Morgan fingerprint density at radius 3 is 2.18 bits per heavy atom. The normalized spacial score (nSPS) is 12.3. The Hall–Kier alpha value is -2.54. The van der Waals surface area contributed by atoms with Gasteiger partial charge >= 0.3 is 0 Å². The SMILES string of the molecule is CCOc1ccc([C@@H](C)NC(=O)c2ccc(CS(C)(=O)=O)cc2)cc1OCC. The molecule has 152 valence electrons. The predicted octanol–water partition coefficient (Wildman–Crippen LogP) is 3.52. The van der Waals surface area contributed by atoms with Gasteiger partial charge in [-0.05, 0) is 56.2 Å². The van der Waals surface area contributed by atoms with Crippen molar-refractivity contribution in [2.45, 2.75) is 32.6 Å². The van der Waals surface area contributed by atoms with Gasteiger partial charge in [-0.15, -0.1) is 0 Å². The van der Waals surface area contributed by atoms with E-state index in [0.29, 0.717) is 35.8 Å². The topological polar surface area (TPSA) is 81.7 Å². The summed E-state index contributed by atoms with van der Waals surface area (Å²) in [7, 11) is -3.10. The van der Waals surface area contributed by atoms with Gasteiger partial charge in [-0.3, -0.25) is 4.79 Å². The van der Waals surface area contributed by atoms with Crippen LogP contribution in [0.25, 0.3) is 0 Å². The Bertz CT molecular complexity index is 907. The highest BCUT2D eigenvalue weighted by molar-refractivity contribution is 7.89. The molecule has 0 unspecified atom stereocenters. The number of benzene rings is 2. The predicted molar refractivity (Wildman–Crippen MR) is 110 cm³/mol. The van der Waals surface area contributed by atoms with Crippen molar-refractivity contribution >= 4 is 15.7 Å². The number of hydrogen-bond acceptors (Lipinski definition) is 5. The third-order valence-corrected chi connectivity index (χ3v) is 4.92. The van der Waals surface area contributed by atoms with Crippen molar-refractivity contribution in [3.05, 3.63) is 59.2 Å². The van der Waals surface area contributed by atoms with E-state index in [1.165, 1.54) is 6.26 Å². The van der Waals surface area contributed by atoms with Gasteiger partial charge in [-0.1, -0.05) is 18.2 Å². The van der Waals surface area contributed by atoms with E-state index in [4.69, 9.17) is 9.47 Å². The average molecular weight is 406 g/mol. The van der Waals surface area contributed by atoms with Crippen LogP contribution >= 0.6 is 0 Å². The van der Waals surface area contributed by atoms with E-state index >= 15 is 0 Å². The van der Waals surface area contributed by atoms with E-state index in [0.717, 1.165) is 5.56 Å². The van der Waals surface area contributed by atoms with Gasteiger partial charge in [0.2, 0.25) is 0 Å². The van der Waals surface area contributed by atoms with E-state index in [-0.39, 0.29) is 17.7 Å². The van der Waals surface area contributed by atoms with Crippen LogP contribution in [0.15, 0.2) is 42.5 Å². The molecule has 0 bridgehead atoms. The van der Waals surface area contributed by atoms with Crippen molar-refractivity contribution in [2.75, 3.05) is 19.5 Å². The Morgan fingerprint density at radius 2 is 1.61 bits per heavy atom. The van der Waals surface area contributed by atoms with E-state index in [1.54, 1.807) is 24.3 Å². The molecule has 0 aliphatic heterocycles. The van der Waals surface area contributed by atoms with Crippen LogP contribution < -0.4 is 14.8 Å². The van der Waals surface area contributed by atoms with Gasteiger partial charge < -0.3 is 14.8 Å². The zero-order valence-electron chi connectivity index (χ0n) is 16.7. The van der Waals surface area contributed by atoms with Crippen molar-refractivity contribution in [3.63, 3.8) is 0 Å². The Kier molecular flexibility index (Phi) is 7.45. The first-order valence-corrected chi connectivity index (χ1v) is 11.3. The average Bonchev–Trinajstić information content (AvgIpc) is 2.62. The number of rotatable bonds is 9. The first-order valence-electron chi connectivity index (χ1n) is 9.20. The Balaban J connectivity index is 2.10. The molecule has 28 heavy (non-hydrogen) atoms. The van der Waals surface area contributed by atoms with Crippen LogP contribution in [0.1, 0.15) is 48.3 Å². The van der Waals surface area contributed by atoms with Gasteiger partial charge in [-0.2, -0.15) is 0 Å². The maximum absolute atomic E-state index is 12.5. The van der Waals surface area contributed by atoms with Crippen LogP contribution in [-0.4, -0.2) is 33.8 Å². The fraction of sp³-hybridized carbons (Fsp3) is 0.381. The summed E-state index contributed by atoms with van der Waals surface area (Å²) in [6.45, 7) is 6.77. The molecule has 1 atom stereocenters.